The van der Waals surface area contributed by atoms with Crippen LogP contribution in [0.15, 0.2) is 42.5 Å². The zero-order valence-electron chi connectivity index (χ0n) is 12.5. The van der Waals surface area contributed by atoms with Crippen LogP contribution in [-0.4, -0.2) is 9.55 Å². The summed E-state index contributed by atoms with van der Waals surface area (Å²) in [6.45, 7) is 5.18. The molecule has 1 aromatic heterocycles. The summed E-state index contributed by atoms with van der Waals surface area (Å²) in [5.41, 5.74) is 6.24. The molecule has 0 aliphatic rings. The first-order valence-electron chi connectivity index (χ1n) is 7.36. The molecule has 0 amide bonds. The van der Waals surface area contributed by atoms with Crippen LogP contribution >= 0.6 is 12.6 Å². The van der Waals surface area contributed by atoms with E-state index in [1.54, 1.807) is 0 Å². The van der Waals surface area contributed by atoms with E-state index >= 15 is 0 Å². The summed E-state index contributed by atoms with van der Waals surface area (Å²) >= 11 is 4.45. The van der Waals surface area contributed by atoms with Gasteiger partial charge in [-0.15, -0.1) is 0 Å². The first-order valence-corrected chi connectivity index (χ1v) is 7.99. The van der Waals surface area contributed by atoms with Crippen LogP contribution in [0.3, 0.4) is 0 Å². The summed E-state index contributed by atoms with van der Waals surface area (Å²) in [5.74, 6) is 1.69. The SMILES string of the molecule is CCc1ccc2c(c1)nc(CS)n2Cc1ccccc1C. The molecule has 0 aliphatic carbocycles. The van der Waals surface area contributed by atoms with Gasteiger partial charge in [-0.3, -0.25) is 0 Å². The molecule has 0 spiro atoms. The molecule has 0 radical (unpaired) electrons. The Morgan fingerprint density at radius 1 is 1.14 bits per heavy atom. The van der Waals surface area contributed by atoms with Gasteiger partial charge in [0.2, 0.25) is 0 Å². The van der Waals surface area contributed by atoms with Gasteiger partial charge in [0.15, 0.2) is 0 Å². The van der Waals surface area contributed by atoms with Crippen LogP contribution in [-0.2, 0) is 18.7 Å². The van der Waals surface area contributed by atoms with Gasteiger partial charge < -0.3 is 4.57 Å². The zero-order valence-corrected chi connectivity index (χ0v) is 13.4. The molecule has 0 N–H and O–H groups in total. The highest BCUT2D eigenvalue weighted by Gasteiger charge is 2.11. The quantitative estimate of drug-likeness (QED) is 0.707. The number of imidazole rings is 1. The fraction of sp³-hybridized carbons (Fsp3) is 0.278. The molecule has 0 saturated heterocycles. The molecule has 0 atom stereocenters. The molecule has 3 rings (SSSR count). The standard InChI is InChI=1S/C18H20N2S/c1-3-14-8-9-17-16(10-14)19-18(12-21)20(17)11-15-7-5-4-6-13(15)2/h4-10,21H,3,11-12H2,1-2H3. The Labute approximate surface area is 131 Å². The Hall–Kier alpha value is -1.74. The topological polar surface area (TPSA) is 17.8 Å². The number of hydrogen-bond donors (Lipinski definition) is 1. The van der Waals surface area contributed by atoms with E-state index in [4.69, 9.17) is 4.98 Å². The summed E-state index contributed by atoms with van der Waals surface area (Å²) in [7, 11) is 0. The lowest BCUT2D eigenvalue weighted by Gasteiger charge is -2.10. The van der Waals surface area contributed by atoms with Crippen LogP contribution in [0.2, 0.25) is 0 Å². The smallest absolute Gasteiger partial charge is 0.119 e. The van der Waals surface area contributed by atoms with Crippen LogP contribution in [0.1, 0.15) is 29.4 Å². The lowest BCUT2D eigenvalue weighted by Crippen LogP contribution is -2.05. The van der Waals surface area contributed by atoms with Crippen molar-refractivity contribution in [3.05, 3.63) is 65.0 Å². The highest BCUT2D eigenvalue weighted by atomic mass is 32.1. The van der Waals surface area contributed by atoms with Crippen LogP contribution in [0.25, 0.3) is 11.0 Å². The van der Waals surface area contributed by atoms with Gasteiger partial charge in [-0.05, 0) is 42.2 Å². The number of fused-ring (bicyclic) bond motifs is 1. The van der Waals surface area contributed by atoms with Gasteiger partial charge >= 0.3 is 0 Å². The molecule has 3 heteroatoms. The first kappa shape index (κ1) is 14.2. The van der Waals surface area contributed by atoms with E-state index in [1.165, 1.54) is 22.2 Å². The van der Waals surface area contributed by atoms with Crippen molar-refractivity contribution >= 4 is 23.7 Å². The summed E-state index contributed by atoms with van der Waals surface area (Å²) in [6.07, 6.45) is 1.04. The molecule has 2 aromatic carbocycles. The Balaban J connectivity index is 2.10. The summed E-state index contributed by atoms with van der Waals surface area (Å²) < 4.78 is 2.28. The van der Waals surface area contributed by atoms with Crippen molar-refractivity contribution in [1.29, 1.82) is 0 Å². The number of benzene rings is 2. The van der Waals surface area contributed by atoms with E-state index in [0.29, 0.717) is 5.75 Å². The normalized spacial score (nSPS) is 11.2. The minimum atomic E-state index is 0.655. The number of aromatic nitrogens is 2. The number of hydrogen-bond acceptors (Lipinski definition) is 2. The minimum absolute atomic E-state index is 0.655. The largest absolute Gasteiger partial charge is 0.323 e. The maximum absolute atomic E-state index is 4.75. The molecule has 2 nitrogen and oxygen atoms in total. The Morgan fingerprint density at radius 2 is 1.95 bits per heavy atom. The van der Waals surface area contributed by atoms with Gasteiger partial charge in [0.1, 0.15) is 5.82 Å². The van der Waals surface area contributed by atoms with Crippen LogP contribution < -0.4 is 0 Å². The predicted molar refractivity (Wildman–Crippen MR) is 92.1 cm³/mol. The highest BCUT2D eigenvalue weighted by molar-refractivity contribution is 7.79. The molecule has 21 heavy (non-hydrogen) atoms. The second-order valence-electron chi connectivity index (χ2n) is 5.38. The van der Waals surface area contributed by atoms with Crippen LogP contribution in [0, 0.1) is 6.92 Å². The molecule has 0 aliphatic heterocycles. The Bertz CT molecular complexity index is 774. The minimum Gasteiger partial charge on any atom is -0.323 e. The van der Waals surface area contributed by atoms with Gasteiger partial charge in [0, 0.05) is 12.3 Å². The first-order chi connectivity index (χ1) is 10.2. The monoisotopic (exact) mass is 296 g/mol. The maximum Gasteiger partial charge on any atom is 0.119 e. The second-order valence-corrected chi connectivity index (χ2v) is 5.69. The van der Waals surface area contributed by atoms with Crippen molar-refractivity contribution in [3.63, 3.8) is 0 Å². The third-order valence-electron chi connectivity index (χ3n) is 4.03. The molecule has 0 saturated carbocycles. The van der Waals surface area contributed by atoms with Crippen molar-refractivity contribution in [1.82, 2.24) is 9.55 Å². The van der Waals surface area contributed by atoms with Gasteiger partial charge in [-0.25, -0.2) is 4.98 Å². The molecule has 3 aromatic rings. The second kappa shape index (κ2) is 5.94. The Morgan fingerprint density at radius 3 is 2.67 bits per heavy atom. The van der Waals surface area contributed by atoms with E-state index in [9.17, 15) is 0 Å². The number of nitrogens with zero attached hydrogens (tertiary/aromatic N) is 2. The summed E-state index contributed by atoms with van der Waals surface area (Å²) in [4.78, 5) is 4.75. The molecule has 1 heterocycles. The molecule has 108 valence electrons. The number of rotatable bonds is 4. The van der Waals surface area contributed by atoms with E-state index in [0.717, 1.165) is 24.3 Å². The number of thiol groups is 1. The van der Waals surface area contributed by atoms with Crippen molar-refractivity contribution in [2.45, 2.75) is 32.6 Å². The third kappa shape index (κ3) is 2.70. The molecule has 0 unspecified atom stereocenters. The van der Waals surface area contributed by atoms with Crippen molar-refractivity contribution in [3.8, 4) is 0 Å². The Kier molecular flexibility index (Phi) is 4.02. The van der Waals surface area contributed by atoms with E-state index in [2.05, 4.69) is 73.5 Å². The lowest BCUT2D eigenvalue weighted by atomic mass is 10.1. The van der Waals surface area contributed by atoms with Gasteiger partial charge in [-0.1, -0.05) is 37.3 Å². The zero-order chi connectivity index (χ0) is 14.8. The molecule has 0 fully saturated rings. The average molecular weight is 296 g/mol. The van der Waals surface area contributed by atoms with Crippen LogP contribution in [0.4, 0.5) is 0 Å². The molecule has 0 bridgehead atoms. The van der Waals surface area contributed by atoms with Gasteiger partial charge in [0.25, 0.3) is 0 Å². The van der Waals surface area contributed by atoms with Crippen molar-refractivity contribution in [2.75, 3.05) is 0 Å². The van der Waals surface area contributed by atoms with E-state index in [-0.39, 0.29) is 0 Å². The van der Waals surface area contributed by atoms with Gasteiger partial charge in [0.05, 0.1) is 11.0 Å². The van der Waals surface area contributed by atoms with E-state index < -0.39 is 0 Å². The average Bonchev–Trinajstić information content (AvgIpc) is 2.86. The van der Waals surface area contributed by atoms with Crippen molar-refractivity contribution < 1.29 is 0 Å². The summed E-state index contributed by atoms with van der Waals surface area (Å²) in [5, 5.41) is 0. The fourth-order valence-corrected chi connectivity index (χ4v) is 2.94. The molecular formula is C18H20N2S. The summed E-state index contributed by atoms with van der Waals surface area (Å²) in [6, 6.07) is 15.1. The third-order valence-corrected chi connectivity index (χ3v) is 4.31. The maximum atomic E-state index is 4.75. The van der Waals surface area contributed by atoms with Gasteiger partial charge in [-0.2, -0.15) is 12.6 Å². The lowest BCUT2D eigenvalue weighted by molar-refractivity contribution is 0.776. The molecular weight excluding hydrogens is 276 g/mol. The van der Waals surface area contributed by atoms with E-state index in [1.807, 2.05) is 0 Å². The highest BCUT2D eigenvalue weighted by Crippen LogP contribution is 2.22. The fourth-order valence-electron chi connectivity index (χ4n) is 2.70. The number of aryl methyl sites for hydroxylation is 2. The van der Waals surface area contributed by atoms with Crippen LogP contribution in [0.5, 0.6) is 0 Å². The van der Waals surface area contributed by atoms with Crippen molar-refractivity contribution in [2.24, 2.45) is 0 Å². The predicted octanol–water partition coefficient (Wildman–Crippen LogP) is 4.39.